The number of anilines is 1. The van der Waals surface area contributed by atoms with Gasteiger partial charge < -0.3 is 20.3 Å². The summed E-state index contributed by atoms with van der Waals surface area (Å²) in [5.41, 5.74) is 6.91. The van der Waals surface area contributed by atoms with Gasteiger partial charge in [0.2, 0.25) is 0 Å². The lowest BCUT2D eigenvalue weighted by Gasteiger charge is -2.34. The zero-order valence-corrected chi connectivity index (χ0v) is 24.2. The molecule has 1 aliphatic rings. The number of para-hydroxylation sites is 1. The predicted molar refractivity (Wildman–Crippen MR) is 160 cm³/mol. The van der Waals surface area contributed by atoms with Gasteiger partial charge in [0.1, 0.15) is 35.0 Å². The second-order valence-corrected chi connectivity index (χ2v) is 11.1. The lowest BCUT2D eigenvalue weighted by atomic mass is 9.98. The number of nitrogens with two attached hydrogens (primary N) is 1. The number of fused-ring (bicyclic) bond motifs is 1. The monoisotopic (exact) mass is 566 g/mol. The standard InChI is InChI=1S/C31H34N8O3/c1-31(2,36(3)4)17-21(18-32)29(40)37-16-8-9-23(19-37)39-28-26(27(33)34-20-35-28)38(30(39)41)22-12-14-25(15-13-22)42-24-10-6-5-7-11-24/h5-7,10-15,17,20,23H,8-9,16,19H2,1-4H3,(H2,33,34,35)/t23-/m0/s1. The fraction of sp³-hybridized carbons (Fsp3) is 0.323. The third-order valence-corrected chi connectivity index (χ3v) is 7.80. The van der Waals surface area contributed by atoms with Crippen LogP contribution in [0.1, 0.15) is 32.7 Å². The van der Waals surface area contributed by atoms with Crippen LogP contribution in [0.2, 0.25) is 0 Å². The Labute approximate surface area is 244 Å². The van der Waals surface area contributed by atoms with E-state index < -0.39 is 5.54 Å². The Morgan fingerprint density at radius 1 is 1.12 bits per heavy atom. The first-order valence-electron chi connectivity index (χ1n) is 13.8. The third-order valence-electron chi connectivity index (χ3n) is 7.80. The normalized spacial score (nSPS) is 16.0. The van der Waals surface area contributed by atoms with E-state index in [0.29, 0.717) is 47.7 Å². The average Bonchev–Trinajstić information content (AvgIpc) is 3.29. The first kappa shape index (κ1) is 28.6. The molecule has 5 rings (SSSR count). The van der Waals surface area contributed by atoms with E-state index >= 15 is 0 Å². The van der Waals surface area contributed by atoms with Gasteiger partial charge >= 0.3 is 5.69 Å². The van der Waals surface area contributed by atoms with Gasteiger partial charge in [-0.05, 0) is 83.3 Å². The molecule has 0 unspecified atom stereocenters. The van der Waals surface area contributed by atoms with Gasteiger partial charge in [0.15, 0.2) is 11.5 Å². The van der Waals surface area contributed by atoms with Crippen LogP contribution in [0.3, 0.4) is 0 Å². The molecule has 2 N–H and O–H groups in total. The van der Waals surface area contributed by atoms with Crippen molar-refractivity contribution < 1.29 is 9.53 Å². The van der Waals surface area contributed by atoms with Crippen LogP contribution in [0, 0.1) is 11.3 Å². The van der Waals surface area contributed by atoms with Gasteiger partial charge in [0.05, 0.1) is 11.7 Å². The van der Waals surface area contributed by atoms with E-state index in [1.165, 1.54) is 10.9 Å². The first-order valence-corrected chi connectivity index (χ1v) is 13.8. The molecule has 42 heavy (non-hydrogen) atoms. The summed E-state index contributed by atoms with van der Waals surface area (Å²) in [4.78, 5) is 39.7. The van der Waals surface area contributed by atoms with Gasteiger partial charge in [-0.1, -0.05) is 18.2 Å². The summed E-state index contributed by atoms with van der Waals surface area (Å²) < 4.78 is 9.00. The molecule has 1 aliphatic heterocycles. The van der Waals surface area contributed by atoms with Crippen molar-refractivity contribution in [3.63, 3.8) is 0 Å². The molecular weight excluding hydrogens is 532 g/mol. The van der Waals surface area contributed by atoms with Gasteiger partial charge in [0, 0.05) is 18.6 Å². The fourth-order valence-electron chi connectivity index (χ4n) is 5.07. The SMILES string of the molecule is CN(C)C(C)(C)C=C(C#N)C(=O)N1CCC[C@H](n2c(=O)n(-c3ccc(Oc4ccccc4)cc3)c3c(N)ncnc32)C1. The number of carbonyl (C=O) groups excluding carboxylic acids is 1. The lowest BCUT2D eigenvalue weighted by Crippen LogP contribution is -2.44. The maximum absolute atomic E-state index is 14.0. The highest BCUT2D eigenvalue weighted by molar-refractivity contribution is 5.97. The highest BCUT2D eigenvalue weighted by Crippen LogP contribution is 2.29. The summed E-state index contributed by atoms with van der Waals surface area (Å²) >= 11 is 0. The van der Waals surface area contributed by atoms with E-state index in [1.807, 2.05) is 63.2 Å². The molecule has 1 atom stereocenters. The van der Waals surface area contributed by atoms with E-state index in [9.17, 15) is 14.9 Å². The molecule has 3 heterocycles. The Bertz CT molecular complexity index is 1730. The summed E-state index contributed by atoms with van der Waals surface area (Å²) in [6.45, 7) is 4.63. The number of amides is 1. The molecule has 2 aromatic carbocycles. The third kappa shape index (κ3) is 5.49. The number of nitrogen functional groups attached to an aromatic ring is 1. The topological polar surface area (TPSA) is 135 Å². The lowest BCUT2D eigenvalue weighted by molar-refractivity contribution is -0.128. The number of likely N-dealkylation sites (N-methyl/N-ethyl adjacent to an activating group) is 1. The summed E-state index contributed by atoms with van der Waals surface area (Å²) in [6, 6.07) is 18.3. The number of ether oxygens (including phenoxy) is 1. The number of carbonyl (C=O) groups is 1. The van der Waals surface area contributed by atoms with Gasteiger partial charge in [-0.3, -0.25) is 13.9 Å². The van der Waals surface area contributed by atoms with Crippen LogP contribution in [-0.2, 0) is 4.79 Å². The minimum atomic E-state index is -0.490. The van der Waals surface area contributed by atoms with Gasteiger partial charge in [0.25, 0.3) is 5.91 Å². The quantitative estimate of drug-likeness (QED) is 0.263. The van der Waals surface area contributed by atoms with Crippen LogP contribution in [0.25, 0.3) is 16.9 Å². The predicted octanol–water partition coefficient (Wildman–Crippen LogP) is 3.91. The molecule has 0 bridgehead atoms. The minimum Gasteiger partial charge on any atom is -0.457 e. The molecule has 216 valence electrons. The van der Waals surface area contributed by atoms with Crippen molar-refractivity contribution in [3.05, 3.63) is 83.1 Å². The van der Waals surface area contributed by atoms with Crippen molar-refractivity contribution in [2.24, 2.45) is 0 Å². The summed E-state index contributed by atoms with van der Waals surface area (Å²) in [5, 5.41) is 9.82. The molecule has 4 aromatic rings. The number of nitrogens with zero attached hydrogens (tertiary/aromatic N) is 7. The largest absolute Gasteiger partial charge is 0.457 e. The second-order valence-electron chi connectivity index (χ2n) is 11.1. The Hall–Kier alpha value is -4.95. The number of hydrogen-bond acceptors (Lipinski definition) is 8. The van der Waals surface area contributed by atoms with E-state index in [-0.39, 0.29) is 35.6 Å². The Kier molecular flexibility index (Phi) is 7.83. The number of imidazole rings is 1. The van der Waals surface area contributed by atoms with E-state index in [2.05, 4.69) is 16.0 Å². The van der Waals surface area contributed by atoms with Crippen molar-refractivity contribution in [3.8, 4) is 23.3 Å². The first-order chi connectivity index (χ1) is 20.1. The van der Waals surface area contributed by atoms with Crippen LogP contribution < -0.4 is 16.2 Å². The summed E-state index contributed by atoms with van der Waals surface area (Å²) in [7, 11) is 3.79. The maximum Gasteiger partial charge on any atom is 0.335 e. The van der Waals surface area contributed by atoms with Crippen molar-refractivity contribution >= 4 is 22.9 Å². The van der Waals surface area contributed by atoms with Crippen LogP contribution in [0.4, 0.5) is 5.82 Å². The number of nitriles is 1. The fourth-order valence-corrected chi connectivity index (χ4v) is 5.07. The molecular formula is C31H34N8O3. The summed E-state index contributed by atoms with van der Waals surface area (Å²) in [5.74, 6) is 1.14. The van der Waals surface area contributed by atoms with E-state index in [4.69, 9.17) is 10.5 Å². The Morgan fingerprint density at radius 2 is 1.81 bits per heavy atom. The molecule has 0 aliphatic carbocycles. The molecule has 1 saturated heterocycles. The van der Waals surface area contributed by atoms with Gasteiger partial charge in [-0.2, -0.15) is 5.26 Å². The van der Waals surface area contributed by atoms with Crippen molar-refractivity contribution in [1.82, 2.24) is 28.9 Å². The van der Waals surface area contributed by atoms with Crippen LogP contribution in [0.15, 0.2) is 77.4 Å². The number of aromatic nitrogens is 4. The highest BCUT2D eigenvalue weighted by Gasteiger charge is 2.32. The Morgan fingerprint density at radius 3 is 2.48 bits per heavy atom. The van der Waals surface area contributed by atoms with Crippen LogP contribution in [-0.4, -0.2) is 67.5 Å². The number of rotatable bonds is 7. The summed E-state index contributed by atoms with van der Waals surface area (Å²) in [6.07, 6.45) is 4.35. The van der Waals surface area contributed by atoms with Gasteiger partial charge in [-0.25, -0.2) is 14.8 Å². The molecule has 11 heteroatoms. The van der Waals surface area contributed by atoms with Crippen LogP contribution >= 0.6 is 0 Å². The van der Waals surface area contributed by atoms with Crippen molar-refractivity contribution in [2.45, 2.75) is 38.3 Å². The highest BCUT2D eigenvalue weighted by atomic mass is 16.5. The smallest absolute Gasteiger partial charge is 0.335 e. The maximum atomic E-state index is 14.0. The average molecular weight is 567 g/mol. The number of likely N-dealkylation sites (tertiary alicyclic amines) is 1. The number of benzene rings is 2. The molecule has 0 saturated carbocycles. The van der Waals surface area contributed by atoms with Crippen molar-refractivity contribution in [2.75, 3.05) is 32.9 Å². The molecule has 11 nitrogen and oxygen atoms in total. The number of hydrogen-bond donors (Lipinski definition) is 1. The van der Waals surface area contributed by atoms with E-state index in [1.54, 1.807) is 39.8 Å². The zero-order chi connectivity index (χ0) is 30.0. The molecule has 0 radical (unpaired) electrons. The Balaban J connectivity index is 1.49. The van der Waals surface area contributed by atoms with Crippen molar-refractivity contribution in [1.29, 1.82) is 5.26 Å². The molecule has 1 amide bonds. The number of piperidine rings is 1. The molecule has 1 fully saturated rings. The second kappa shape index (κ2) is 11.5. The zero-order valence-electron chi connectivity index (χ0n) is 24.2. The van der Waals surface area contributed by atoms with Crippen LogP contribution in [0.5, 0.6) is 11.5 Å². The molecule has 2 aromatic heterocycles. The molecule has 0 spiro atoms. The van der Waals surface area contributed by atoms with Gasteiger partial charge in [-0.15, -0.1) is 0 Å². The minimum absolute atomic E-state index is 0.0773. The van der Waals surface area contributed by atoms with E-state index in [0.717, 1.165) is 0 Å².